The van der Waals surface area contributed by atoms with Crippen molar-refractivity contribution in [2.45, 2.75) is 65.3 Å². The Labute approximate surface area is 187 Å². The molecule has 0 aliphatic rings. The highest BCUT2D eigenvalue weighted by Gasteiger charge is 2.18. The molecule has 0 aromatic heterocycles. The second-order valence-electron chi connectivity index (χ2n) is 7.88. The number of nitrogens with one attached hydrogen (secondary N) is 1. The summed E-state index contributed by atoms with van der Waals surface area (Å²) >= 11 is 0. The van der Waals surface area contributed by atoms with E-state index in [2.05, 4.69) is 19.2 Å². The molecule has 31 heavy (non-hydrogen) atoms. The van der Waals surface area contributed by atoms with Crippen LogP contribution in [0.25, 0.3) is 0 Å². The van der Waals surface area contributed by atoms with Crippen LogP contribution in [-0.4, -0.2) is 61.3 Å². The molecule has 174 valence electrons. The van der Waals surface area contributed by atoms with Gasteiger partial charge in [-0.15, -0.1) is 0 Å². The van der Waals surface area contributed by atoms with E-state index in [4.69, 9.17) is 4.74 Å². The number of carbonyl (C=O) groups excluding carboxylic acids is 3. The van der Waals surface area contributed by atoms with Crippen molar-refractivity contribution in [3.63, 3.8) is 0 Å². The van der Waals surface area contributed by atoms with Gasteiger partial charge in [0.15, 0.2) is 6.61 Å². The van der Waals surface area contributed by atoms with E-state index in [0.29, 0.717) is 31.4 Å². The smallest absolute Gasteiger partial charge is 0.259 e. The lowest BCUT2D eigenvalue weighted by atomic mass is 10.0. The standard InChI is InChI=1S/C24H39N3O4/c1-6-16-27(17-7-2)23(29)15-11-14-22(28)25-20(8-3)19-12-9-10-13-21(19)31-18-24(30)26(4)5/h9-10,12-13,20H,6-8,11,14-18H2,1-5H3,(H,25,28). The molecule has 1 aromatic carbocycles. The predicted molar refractivity (Wildman–Crippen MR) is 123 cm³/mol. The number of para-hydroxylation sites is 1. The fraction of sp³-hybridized carbons (Fsp3) is 0.625. The third-order valence-electron chi connectivity index (χ3n) is 5.02. The van der Waals surface area contributed by atoms with Crippen molar-refractivity contribution in [1.29, 1.82) is 0 Å². The normalized spacial score (nSPS) is 11.5. The van der Waals surface area contributed by atoms with Gasteiger partial charge in [-0.05, 0) is 31.7 Å². The van der Waals surface area contributed by atoms with E-state index < -0.39 is 0 Å². The SMILES string of the molecule is CCCN(CCC)C(=O)CCCC(=O)NC(CC)c1ccccc1OCC(=O)N(C)C. The Morgan fingerprint density at radius 1 is 0.968 bits per heavy atom. The molecule has 0 fully saturated rings. The molecule has 1 aromatic rings. The van der Waals surface area contributed by atoms with Gasteiger partial charge >= 0.3 is 0 Å². The molecule has 3 amide bonds. The average molecular weight is 434 g/mol. The zero-order chi connectivity index (χ0) is 23.2. The monoisotopic (exact) mass is 433 g/mol. The van der Waals surface area contributed by atoms with E-state index >= 15 is 0 Å². The maximum Gasteiger partial charge on any atom is 0.259 e. The zero-order valence-electron chi connectivity index (χ0n) is 19.8. The maximum absolute atomic E-state index is 12.5. The molecule has 7 heteroatoms. The fourth-order valence-electron chi connectivity index (χ4n) is 3.29. The van der Waals surface area contributed by atoms with Crippen LogP contribution in [0.5, 0.6) is 5.75 Å². The summed E-state index contributed by atoms with van der Waals surface area (Å²) in [6.07, 6.45) is 3.78. The van der Waals surface area contributed by atoms with E-state index in [9.17, 15) is 14.4 Å². The number of amides is 3. The topological polar surface area (TPSA) is 79.0 Å². The molecule has 0 aliphatic carbocycles. The van der Waals surface area contributed by atoms with E-state index in [1.807, 2.05) is 36.1 Å². The minimum Gasteiger partial charge on any atom is -0.483 e. The van der Waals surface area contributed by atoms with Gasteiger partial charge in [-0.1, -0.05) is 39.0 Å². The lowest BCUT2D eigenvalue weighted by Crippen LogP contribution is -2.33. The average Bonchev–Trinajstić information content (AvgIpc) is 2.75. The summed E-state index contributed by atoms with van der Waals surface area (Å²) in [6.45, 7) is 7.60. The number of benzene rings is 1. The number of likely N-dealkylation sites (N-methyl/N-ethyl adjacent to an activating group) is 1. The first-order valence-electron chi connectivity index (χ1n) is 11.3. The van der Waals surface area contributed by atoms with Crippen LogP contribution in [0.1, 0.15) is 70.9 Å². The lowest BCUT2D eigenvalue weighted by Gasteiger charge is -2.22. The van der Waals surface area contributed by atoms with Gasteiger partial charge in [0.25, 0.3) is 5.91 Å². The number of ether oxygens (including phenoxy) is 1. The van der Waals surface area contributed by atoms with Gasteiger partial charge in [-0.25, -0.2) is 0 Å². The van der Waals surface area contributed by atoms with Crippen molar-refractivity contribution >= 4 is 17.7 Å². The van der Waals surface area contributed by atoms with Crippen LogP contribution in [-0.2, 0) is 14.4 Å². The highest BCUT2D eigenvalue weighted by molar-refractivity contribution is 5.79. The molecule has 0 aliphatic heterocycles. The summed E-state index contributed by atoms with van der Waals surface area (Å²) in [5.74, 6) is 0.496. The van der Waals surface area contributed by atoms with Crippen LogP contribution in [0.3, 0.4) is 0 Å². The summed E-state index contributed by atoms with van der Waals surface area (Å²) in [7, 11) is 3.36. The zero-order valence-corrected chi connectivity index (χ0v) is 19.8. The van der Waals surface area contributed by atoms with E-state index in [-0.39, 0.29) is 30.4 Å². The van der Waals surface area contributed by atoms with Gasteiger partial charge in [0, 0.05) is 45.6 Å². The first-order valence-corrected chi connectivity index (χ1v) is 11.3. The van der Waals surface area contributed by atoms with Crippen LogP contribution < -0.4 is 10.1 Å². The Hall–Kier alpha value is -2.57. The molecular formula is C24H39N3O4. The molecule has 0 saturated heterocycles. The molecule has 7 nitrogen and oxygen atoms in total. The molecule has 0 spiro atoms. The van der Waals surface area contributed by atoms with Crippen molar-refractivity contribution < 1.29 is 19.1 Å². The number of carbonyl (C=O) groups is 3. The van der Waals surface area contributed by atoms with Crippen LogP contribution in [0.15, 0.2) is 24.3 Å². The lowest BCUT2D eigenvalue weighted by molar-refractivity contribution is -0.132. The Balaban J connectivity index is 2.63. The van der Waals surface area contributed by atoms with Gasteiger partial charge in [-0.3, -0.25) is 14.4 Å². The van der Waals surface area contributed by atoms with Crippen molar-refractivity contribution in [2.24, 2.45) is 0 Å². The largest absolute Gasteiger partial charge is 0.483 e. The third-order valence-corrected chi connectivity index (χ3v) is 5.02. The molecule has 1 rings (SSSR count). The molecule has 0 saturated carbocycles. The quantitative estimate of drug-likeness (QED) is 0.487. The molecule has 0 heterocycles. The van der Waals surface area contributed by atoms with Crippen molar-refractivity contribution in [2.75, 3.05) is 33.8 Å². The Morgan fingerprint density at radius 2 is 1.61 bits per heavy atom. The van der Waals surface area contributed by atoms with Crippen LogP contribution in [0.2, 0.25) is 0 Å². The Kier molecular flexibility index (Phi) is 12.3. The van der Waals surface area contributed by atoms with Crippen LogP contribution >= 0.6 is 0 Å². The first kappa shape index (κ1) is 26.5. The minimum absolute atomic E-state index is 0.0530. The predicted octanol–water partition coefficient (Wildman–Crippen LogP) is 3.54. The van der Waals surface area contributed by atoms with Gasteiger partial charge in [0.05, 0.1) is 6.04 Å². The molecular weight excluding hydrogens is 394 g/mol. The number of hydrogen-bond donors (Lipinski definition) is 1. The van der Waals surface area contributed by atoms with Crippen LogP contribution in [0, 0.1) is 0 Å². The highest BCUT2D eigenvalue weighted by Crippen LogP contribution is 2.27. The highest BCUT2D eigenvalue weighted by atomic mass is 16.5. The second kappa shape index (κ2) is 14.4. The van der Waals surface area contributed by atoms with Gasteiger partial charge in [0.1, 0.15) is 5.75 Å². The van der Waals surface area contributed by atoms with Gasteiger partial charge in [-0.2, -0.15) is 0 Å². The molecule has 1 atom stereocenters. The van der Waals surface area contributed by atoms with E-state index in [1.54, 1.807) is 14.1 Å². The second-order valence-corrected chi connectivity index (χ2v) is 7.88. The molecule has 0 bridgehead atoms. The third kappa shape index (κ3) is 9.40. The Morgan fingerprint density at radius 3 is 2.19 bits per heavy atom. The van der Waals surface area contributed by atoms with Gasteiger partial charge < -0.3 is 19.9 Å². The summed E-state index contributed by atoms with van der Waals surface area (Å²) in [4.78, 5) is 40.1. The minimum atomic E-state index is -0.217. The van der Waals surface area contributed by atoms with Crippen molar-refractivity contribution in [3.05, 3.63) is 29.8 Å². The van der Waals surface area contributed by atoms with Crippen molar-refractivity contribution in [3.8, 4) is 5.75 Å². The summed E-state index contributed by atoms with van der Waals surface area (Å²) in [6, 6.07) is 7.23. The molecule has 1 N–H and O–H groups in total. The Bertz CT molecular complexity index is 700. The first-order chi connectivity index (χ1) is 14.8. The van der Waals surface area contributed by atoms with Crippen LogP contribution in [0.4, 0.5) is 0 Å². The van der Waals surface area contributed by atoms with E-state index in [0.717, 1.165) is 31.5 Å². The number of nitrogens with zero attached hydrogens (tertiary/aromatic N) is 2. The summed E-state index contributed by atoms with van der Waals surface area (Å²) < 4.78 is 5.72. The summed E-state index contributed by atoms with van der Waals surface area (Å²) in [5.41, 5.74) is 0.845. The number of hydrogen-bond acceptors (Lipinski definition) is 4. The van der Waals surface area contributed by atoms with Gasteiger partial charge in [0.2, 0.25) is 11.8 Å². The van der Waals surface area contributed by atoms with Crippen molar-refractivity contribution in [1.82, 2.24) is 15.1 Å². The fourth-order valence-corrected chi connectivity index (χ4v) is 3.29. The maximum atomic E-state index is 12.5. The van der Waals surface area contributed by atoms with E-state index in [1.165, 1.54) is 4.90 Å². The molecule has 0 radical (unpaired) electrons. The molecule has 1 unspecified atom stereocenters. The number of rotatable bonds is 14. The summed E-state index contributed by atoms with van der Waals surface area (Å²) in [5, 5.41) is 3.05.